The highest BCUT2D eigenvalue weighted by molar-refractivity contribution is 7.15. The zero-order chi connectivity index (χ0) is 22.5. The first-order valence-electron chi connectivity index (χ1n) is 10.6. The summed E-state index contributed by atoms with van der Waals surface area (Å²) in [5, 5.41) is 8.78. The molecule has 0 spiro atoms. The third-order valence-corrected chi connectivity index (χ3v) is 6.73. The Morgan fingerprint density at radius 3 is 2.67 bits per heavy atom. The van der Waals surface area contributed by atoms with E-state index in [4.69, 9.17) is 4.98 Å². The van der Waals surface area contributed by atoms with Gasteiger partial charge in [0.05, 0.1) is 39.4 Å². The van der Waals surface area contributed by atoms with Crippen LogP contribution in [0.15, 0.2) is 61.1 Å². The molecule has 0 saturated carbocycles. The molecule has 0 bridgehead atoms. The summed E-state index contributed by atoms with van der Waals surface area (Å²) in [4.78, 5) is 22.0. The average Bonchev–Trinajstić information content (AvgIpc) is 3.55. The van der Waals surface area contributed by atoms with Crippen LogP contribution < -0.4 is 4.90 Å². The molecule has 0 radical (unpaired) electrons. The summed E-state index contributed by atoms with van der Waals surface area (Å²) in [7, 11) is 4.00. The first-order valence-corrected chi connectivity index (χ1v) is 11.4. The molecule has 0 unspecified atom stereocenters. The van der Waals surface area contributed by atoms with E-state index in [1.54, 1.807) is 11.3 Å². The van der Waals surface area contributed by atoms with E-state index in [9.17, 15) is 0 Å². The van der Waals surface area contributed by atoms with Crippen LogP contribution in [0.5, 0.6) is 0 Å². The number of hydrogen-bond acceptors (Lipinski definition) is 6. The van der Waals surface area contributed by atoms with Crippen LogP contribution in [0.3, 0.4) is 0 Å². The molecule has 0 aromatic carbocycles. The van der Waals surface area contributed by atoms with Crippen LogP contribution >= 0.6 is 11.3 Å². The van der Waals surface area contributed by atoms with E-state index in [0.29, 0.717) is 0 Å². The molecule has 6 rings (SSSR count). The first-order chi connectivity index (χ1) is 16.1. The molecule has 0 atom stereocenters. The van der Waals surface area contributed by atoms with Crippen LogP contribution in [-0.2, 0) is 0 Å². The minimum Gasteiger partial charge on any atom is -0.376 e. The normalized spacial score (nSPS) is 11.5. The van der Waals surface area contributed by atoms with E-state index < -0.39 is 0 Å². The molecule has 7 nitrogen and oxygen atoms in total. The molecule has 0 aliphatic rings. The smallest absolute Gasteiger partial charge is 0.135 e. The van der Waals surface area contributed by atoms with Crippen molar-refractivity contribution in [3.8, 4) is 33.2 Å². The Labute approximate surface area is 194 Å². The Bertz CT molecular complexity index is 1620. The number of anilines is 1. The molecule has 6 aromatic heterocycles. The van der Waals surface area contributed by atoms with Crippen LogP contribution in [0.1, 0.15) is 4.88 Å². The van der Waals surface area contributed by atoms with Gasteiger partial charge in [-0.2, -0.15) is 5.10 Å². The lowest BCUT2D eigenvalue weighted by molar-refractivity contribution is 1.11. The second kappa shape index (κ2) is 7.53. The molecule has 6 heterocycles. The SMILES string of the molecule is Cc1ccc(-c2nccc3[nH]c(-c4n[nH]c5ccc(-c6cncc(N(C)C)c6)nc45)cc23)s1. The number of aromatic amines is 2. The quantitative estimate of drug-likeness (QED) is 0.361. The number of nitrogens with zero attached hydrogens (tertiary/aromatic N) is 5. The predicted molar refractivity (Wildman–Crippen MR) is 135 cm³/mol. The van der Waals surface area contributed by atoms with Crippen molar-refractivity contribution in [1.29, 1.82) is 0 Å². The third kappa shape index (κ3) is 3.35. The fourth-order valence-corrected chi connectivity index (χ4v) is 4.88. The largest absolute Gasteiger partial charge is 0.376 e. The summed E-state index contributed by atoms with van der Waals surface area (Å²) in [6, 6.07) is 14.5. The van der Waals surface area contributed by atoms with E-state index in [-0.39, 0.29) is 0 Å². The van der Waals surface area contributed by atoms with Gasteiger partial charge in [0.25, 0.3) is 0 Å². The number of H-pyrrole nitrogens is 2. The minimum atomic E-state index is 0.785. The van der Waals surface area contributed by atoms with Crippen molar-refractivity contribution < 1.29 is 0 Å². The molecule has 2 N–H and O–H groups in total. The number of pyridine rings is 3. The van der Waals surface area contributed by atoms with Gasteiger partial charge in [-0.1, -0.05) is 0 Å². The van der Waals surface area contributed by atoms with E-state index >= 15 is 0 Å². The molecule has 0 saturated heterocycles. The summed E-state index contributed by atoms with van der Waals surface area (Å²) in [6.07, 6.45) is 5.53. The molecular formula is C25H21N7S. The molecule has 0 aliphatic carbocycles. The number of rotatable bonds is 4. The van der Waals surface area contributed by atoms with Gasteiger partial charge in [0, 0.05) is 47.8 Å². The van der Waals surface area contributed by atoms with Gasteiger partial charge in [0.1, 0.15) is 11.2 Å². The molecule has 0 aliphatic heterocycles. The van der Waals surface area contributed by atoms with Gasteiger partial charge in [0.2, 0.25) is 0 Å². The van der Waals surface area contributed by atoms with Crippen molar-refractivity contribution in [3.63, 3.8) is 0 Å². The van der Waals surface area contributed by atoms with Crippen molar-refractivity contribution in [2.45, 2.75) is 6.92 Å². The minimum absolute atomic E-state index is 0.785. The number of aryl methyl sites for hydroxylation is 1. The summed E-state index contributed by atoms with van der Waals surface area (Å²) in [5.41, 5.74) is 8.25. The molecule has 0 fully saturated rings. The zero-order valence-corrected chi connectivity index (χ0v) is 19.2. The second-order valence-electron chi connectivity index (χ2n) is 8.21. The number of hydrogen-bond donors (Lipinski definition) is 2. The molecule has 0 amide bonds. The Morgan fingerprint density at radius 1 is 0.939 bits per heavy atom. The van der Waals surface area contributed by atoms with Gasteiger partial charge in [0.15, 0.2) is 0 Å². The van der Waals surface area contributed by atoms with Gasteiger partial charge in [-0.15, -0.1) is 11.3 Å². The molecule has 8 heteroatoms. The van der Waals surface area contributed by atoms with Crippen LogP contribution in [-0.4, -0.2) is 44.2 Å². The molecule has 6 aromatic rings. The van der Waals surface area contributed by atoms with Gasteiger partial charge >= 0.3 is 0 Å². The fourth-order valence-electron chi connectivity index (χ4n) is 4.00. The maximum Gasteiger partial charge on any atom is 0.135 e. The Hall–Kier alpha value is -4.04. The highest BCUT2D eigenvalue weighted by Gasteiger charge is 2.16. The summed E-state index contributed by atoms with van der Waals surface area (Å²) < 4.78 is 0. The highest BCUT2D eigenvalue weighted by Crippen LogP contribution is 2.35. The van der Waals surface area contributed by atoms with Gasteiger partial charge < -0.3 is 9.88 Å². The lowest BCUT2D eigenvalue weighted by Crippen LogP contribution is -2.08. The Morgan fingerprint density at radius 2 is 1.85 bits per heavy atom. The molecule has 162 valence electrons. The Kier molecular flexibility index (Phi) is 4.48. The third-order valence-electron chi connectivity index (χ3n) is 5.72. The lowest BCUT2D eigenvalue weighted by Gasteiger charge is -2.12. The fraction of sp³-hybridized carbons (Fsp3) is 0.120. The van der Waals surface area contributed by atoms with E-state index in [1.165, 1.54) is 4.88 Å². The summed E-state index contributed by atoms with van der Waals surface area (Å²) in [5.74, 6) is 0. The van der Waals surface area contributed by atoms with Crippen molar-refractivity contribution in [2.24, 2.45) is 0 Å². The van der Waals surface area contributed by atoms with Crippen molar-refractivity contribution in [2.75, 3.05) is 19.0 Å². The van der Waals surface area contributed by atoms with Crippen molar-refractivity contribution in [1.82, 2.24) is 30.1 Å². The summed E-state index contributed by atoms with van der Waals surface area (Å²) in [6.45, 7) is 2.11. The van der Waals surface area contributed by atoms with Gasteiger partial charge in [-0.05, 0) is 49.4 Å². The topological polar surface area (TPSA) is 86.4 Å². The Balaban J connectivity index is 1.48. The number of fused-ring (bicyclic) bond motifs is 2. The molecule has 33 heavy (non-hydrogen) atoms. The zero-order valence-electron chi connectivity index (χ0n) is 18.4. The van der Waals surface area contributed by atoms with Crippen molar-refractivity contribution in [3.05, 3.63) is 65.9 Å². The highest BCUT2D eigenvalue weighted by atomic mass is 32.1. The van der Waals surface area contributed by atoms with E-state index in [2.05, 4.69) is 56.3 Å². The van der Waals surface area contributed by atoms with Crippen LogP contribution in [0.4, 0.5) is 5.69 Å². The van der Waals surface area contributed by atoms with Gasteiger partial charge in [-0.3, -0.25) is 15.1 Å². The van der Waals surface area contributed by atoms with Crippen molar-refractivity contribution >= 4 is 39.0 Å². The first kappa shape index (κ1) is 19.6. The maximum atomic E-state index is 4.95. The maximum absolute atomic E-state index is 4.95. The van der Waals surface area contributed by atoms with Crippen LogP contribution in [0.25, 0.3) is 55.2 Å². The van der Waals surface area contributed by atoms with Crippen LogP contribution in [0, 0.1) is 6.92 Å². The monoisotopic (exact) mass is 451 g/mol. The number of nitrogens with one attached hydrogen (secondary N) is 2. The lowest BCUT2D eigenvalue weighted by atomic mass is 10.1. The van der Waals surface area contributed by atoms with E-state index in [0.717, 1.165) is 60.8 Å². The van der Waals surface area contributed by atoms with E-state index in [1.807, 2.05) is 55.8 Å². The van der Waals surface area contributed by atoms with Crippen LogP contribution in [0.2, 0.25) is 0 Å². The molecular weight excluding hydrogens is 430 g/mol. The standard InChI is InChI=1S/C25H21N7S/c1-14-4-7-22(33-14)23-17-11-21(28-19(17)8-9-27-23)25-24-20(30-31-25)6-5-18(29-24)15-10-16(32(2)3)13-26-12-15/h4-13,28H,1-3H3,(H,30,31). The van der Waals surface area contributed by atoms with Gasteiger partial charge in [-0.25, -0.2) is 4.98 Å². The number of thiophene rings is 1. The second-order valence-corrected chi connectivity index (χ2v) is 9.49. The average molecular weight is 452 g/mol. The number of aromatic nitrogens is 6. The predicted octanol–water partition coefficient (Wildman–Crippen LogP) is 5.67. The summed E-state index contributed by atoms with van der Waals surface area (Å²) >= 11 is 1.75.